The van der Waals surface area contributed by atoms with Crippen molar-refractivity contribution in [2.24, 2.45) is 0 Å². The van der Waals surface area contributed by atoms with Crippen LogP contribution in [0, 0.1) is 0 Å². The molecule has 6 heteroatoms. The Morgan fingerprint density at radius 1 is 1.47 bits per heavy atom. The molecule has 0 saturated carbocycles. The zero-order valence-corrected chi connectivity index (χ0v) is 12.6. The van der Waals surface area contributed by atoms with E-state index in [4.69, 9.17) is 21.4 Å². The number of hydrogen-bond acceptors (Lipinski definition) is 5. The molecule has 1 aliphatic rings. The number of rotatable bonds is 7. The SMILES string of the molecule is OCCOC1CCN(CCc2nc(CCl)cs2)CC1. The van der Waals surface area contributed by atoms with Crippen molar-refractivity contribution < 1.29 is 9.84 Å². The molecule has 1 fully saturated rings. The van der Waals surface area contributed by atoms with Crippen LogP contribution in [0.5, 0.6) is 0 Å². The fourth-order valence-corrected chi connectivity index (χ4v) is 3.31. The first-order valence-corrected chi connectivity index (χ1v) is 8.17. The maximum Gasteiger partial charge on any atom is 0.0941 e. The highest BCUT2D eigenvalue weighted by atomic mass is 35.5. The monoisotopic (exact) mass is 304 g/mol. The van der Waals surface area contributed by atoms with Crippen LogP contribution < -0.4 is 0 Å². The number of halogens is 1. The van der Waals surface area contributed by atoms with Gasteiger partial charge in [0.1, 0.15) is 0 Å². The van der Waals surface area contributed by atoms with Gasteiger partial charge in [0.2, 0.25) is 0 Å². The average Bonchev–Trinajstić information content (AvgIpc) is 2.92. The quantitative estimate of drug-likeness (QED) is 0.782. The number of aliphatic hydroxyl groups excluding tert-OH is 1. The van der Waals surface area contributed by atoms with E-state index in [0.29, 0.717) is 18.6 Å². The highest BCUT2D eigenvalue weighted by molar-refractivity contribution is 7.09. The molecule has 0 aliphatic carbocycles. The molecule has 0 radical (unpaired) electrons. The molecular weight excluding hydrogens is 284 g/mol. The number of piperidine rings is 1. The summed E-state index contributed by atoms with van der Waals surface area (Å²) in [7, 11) is 0. The van der Waals surface area contributed by atoms with Gasteiger partial charge >= 0.3 is 0 Å². The van der Waals surface area contributed by atoms with Gasteiger partial charge in [-0.15, -0.1) is 22.9 Å². The topological polar surface area (TPSA) is 45.6 Å². The summed E-state index contributed by atoms with van der Waals surface area (Å²) in [4.78, 5) is 6.93. The van der Waals surface area contributed by atoms with Crippen molar-refractivity contribution in [1.29, 1.82) is 0 Å². The molecule has 1 saturated heterocycles. The summed E-state index contributed by atoms with van der Waals surface area (Å²) in [5.74, 6) is 0.504. The van der Waals surface area contributed by atoms with E-state index in [1.54, 1.807) is 11.3 Å². The lowest BCUT2D eigenvalue weighted by atomic mass is 10.1. The number of ether oxygens (including phenoxy) is 1. The normalized spacial score (nSPS) is 18.0. The molecule has 1 N–H and O–H groups in total. The number of thiazole rings is 1. The van der Waals surface area contributed by atoms with Gasteiger partial charge in [0.15, 0.2) is 0 Å². The molecule has 0 unspecified atom stereocenters. The van der Waals surface area contributed by atoms with Crippen LogP contribution in [0.4, 0.5) is 0 Å². The van der Waals surface area contributed by atoms with Crippen molar-refractivity contribution in [2.75, 3.05) is 32.8 Å². The van der Waals surface area contributed by atoms with Gasteiger partial charge in [0, 0.05) is 31.4 Å². The molecule has 0 spiro atoms. The van der Waals surface area contributed by atoms with Crippen LogP contribution in [0.25, 0.3) is 0 Å². The molecular formula is C13H21ClN2O2S. The molecule has 2 rings (SSSR count). The van der Waals surface area contributed by atoms with Crippen LogP contribution in [-0.2, 0) is 17.0 Å². The average molecular weight is 305 g/mol. The van der Waals surface area contributed by atoms with Gasteiger partial charge in [-0.3, -0.25) is 0 Å². The van der Waals surface area contributed by atoms with E-state index in [-0.39, 0.29) is 6.61 Å². The van der Waals surface area contributed by atoms with Crippen molar-refractivity contribution in [2.45, 2.75) is 31.2 Å². The van der Waals surface area contributed by atoms with E-state index in [9.17, 15) is 0 Å². The second-order valence-corrected chi connectivity index (χ2v) is 5.96. The van der Waals surface area contributed by atoms with E-state index < -0.39 is 0 Å². The van der Waals surface area contributed by atoms with Gasteiger partial charge in [0.25, 0.3) is 0 Å². The van der Waals surface area contributed by atoms with Gasteiger partial charge in [-0.1, -0.05) is 0 Å². The van der Waals surface area contributed by atoms with Gasteiger partial charge in [-0.05, 0) is 12.8 Å². The summed E-state index contributed by atoms with van der Waals surface area (Å²) in [6, 6.07) is 0. The second-order valence-electron chi connectivity index (χ2n) is 4.75. The summed E-state index contributed by atoms with van der Waals surface area (Å²) in [6.07, 6.45) is 3.45. The van der Waals surface area contributed by atoms with Crippen molar-refractivity contribution >= 4 is 22.9 Å². The Kier molecular flexibility index (Phi) is 6.53. The molecule has 1 aromatic rings. The lowest BCUT2D eigenvalue weighted by molar-refractivity contribution is -0.00748. The van der Waals surface area contributed by atoms with Gasteiger partial charge in [0.05, 0.1) is 35.9 Å². The molecule has 108 valence electrons. The van der Waals surface area contributed by atoms with E-state index in [1.165, 1.54) is 5.01 Å². The van der Waals surface area contributed by atoms with E-state index in [0.717, 1.165) is 44.6 Å². The van der Waals surface area contributed by atoms with Crippen molar-refractivity contribution in [3.05, 3.63) is 16.1 Å². The van der Waals surface area contributed by atoms with Crippen molar-refractivity contribution in [1.82, 2.24) is 9.88 Å². The minimum Gasteiger partial charge on any atom is -0.394 e. The first-order chi connectivity index (χ1) is 9.31. The summed E-state index contributed by atoms with van der Waals surface area (Å²) in [5, 5.41) is 11.9. The van der Waals surface area contributed by atoms with Crippen LogP contribution in [0.3, 0.4) is 0 Å². The maximum absolute atomic E-state index is 8.73. The Balaban J connectivity index is 1.65. The molecule has 0 aromatic carbocycles. The number of aliphatic hydroxyl groups is 1. The summed E-state index contributed by atoms with van der Waals surface area (Å²) < 4.78 is 5.56. The molecule has 1 aromatic heterocycles. The zero-order chi connectivity index (χ0) is 13.5. The predicted octanol–water partition coefficient (Wildman–Crippen LogP) is 1.90. The summed E-state index contributed by atoms with van der Waals surface area (Å²) in [5.41, 5.74) is 0.984. The zero-order valence-electron chi connectivity index (χ0n) is 11.1. The number of hydrogen-bond donors (Lipinski definition) is 1. The van der Waals surface area contributed by atoms with E-state index in [1.807, 2.05) is 5.38 Å². The van der Waals surface area contributed by atoms with Crippen LogP contribution in [0.2, 0.25) is 0 Å². The van der Waals surface area contributed by atoms with Gasteiger partial charge in [-0.2, -0.15) is 0 Å². The molecule has 1 aliphatic heterocycles. The highest BCUT2D eigenvalue weighted by Crippen LogP contribution is 2.16. The number of likely N-dealkylation sites (tertiary alicyclic amines) is 1. The number of nitrogens with zero attached hydrogens (tertiary/aromatic N) is 2. The Morgan fingerprint density at radius 2 is 2.26 bits per heavy atom. The standard InChI is InChI=1S/C13H21ClN2O2S/c14-9-11-10-19-13(15-11)3-6-16-4-1-12(2-5-16)18-8-7-17/h10,12,17H,1-9H2. The van der Waals surface area contributed by atoms with Gasteiger partial charge in [-0.25, -0.2) is 4.98 Å². The Labute approximate surface area is 123 Å². The molecule has 0 atom stereocenters. The van der Waals surface area contributed by atoms with Crippen LogP contribution in [-0.4, -0.2) is 53.9 Å². The third-order valence-corrected chi connectivity index (χ3v) is 4.59. The Hall–Kier alpha value is -0.200. The second kappa shape index (κ2) is 8.17. The number of aromatic nitrogens is 1. The third kappa shape index (κ3) is 5.00. The number of alkyl halides is 1. The first kappa shape index (κ1) is 15.2. The lowest BCUT2D eigenvalue weighted by Gasteiger charge is -2.31. The fourth-order valence-electron chi connectivity index (χ4n) is 2.30. The minimum absolute atomic E-state index is 0.118. The lowest BCUT2D eigenvalue weighted by Crippen LogP contribution is -2.38. The van der Waals surface area contributed by atoms with Crippen LogP contribution >= 0.6 is 22.9 Å². The summed E-state index contributed by atoms with van der Waals surface area (Å²) in [6.45, 7) is 3.79. The first-order valence-electron chi connectivity index (χ1n) is 6.76. The van der Waals surface area contributed by atoms with Gasteiger partial charge < -0.3 is 14.7 Å². The van der Waals surface area contributed by atoms with Crippen molar-refractivity contribution in [3.63, 3.8) is 0 Å². The fraction of sp³-hybridized carbons (Fsp3) is 0.769. The maximum atomic E-state index is 8.73. The molecule has 0 amide bonds. The van der Waals surface area contributed by atoms with E-state index in [2.05, 4.69) is 9.88 Å². The summed E-state index contributed by atoms with van der Waals surface area (Å²) >= 11 is 7.45. The van der Waals surface area contributed by atoms with Crippen LogP contribution in [0.15, 0.2) is 5.38 Å². The minimum atomic E-state index is 0.118. The molecule has 0 bridgehead atoms. The van der Waals surface area contributed by atoms with Crippen molar-refractivity contribution in [3.8, 4) is 0 Å². The Morgan fingerprint density at radius 3 is 2.89 bits per heavy atom. The molecule has 2 heterocycles. The smallest absolute Gasteiger partial charge is 0.0941 e. The predicted molar refractivity (Wildman–Crippen MR) is 77.9 cm³/mol. The molecule has 19 heavy (non-hydrogen) atoms. The van der Waals surface area contributed by atoms with Crippen LogP contribution in [0.1, 0.15) is 23.5 Å². The van der Waals surface area contributed by atoms with E-state index >= 15 is 0 Å². The highest BCUT2D eigenvalue weighted by Gasteiger charge is 2.19. The molecule has 4 nitrogen and oxygen atoms in total. The largest absolute Gasteiger partial charge is 0.394 e. The Bertz CT molecular complexity index is 367. The third-order valence-electron chi connectivity index (χ3n) is 3.36.